The number of nitrogens with one attached hydrogen (secondary N) is 1. The fourth-order valence-corrected chi connectivity index (χ4v) is 2.28. The van der Waals surface area contributed by atoms with E-state index in [4.69, 9.17) is 10.6 Å². The van der Waals surface area contributed by atoms with Crippen molar-refractivity contribution in [1.29, 1.82) is 0 Å². The molecule has 0 radical (unpaired) electrons. The zero-order valence-corrected chi connectivity index (χ0v) is 13.6. The van der Waals surface area contributed by atoms with Crippen LogP contribution in [0.4, 0.5) is 0 Å². The maximum Gasteiger partial charge on any atom is 0.233 e. The van der Waals surface area contributed by atoms with Gasteiger partial charge in [0.2, 0.25) is 5.91 Å². The second-order valence-electron chi connectivity index (χ2n) is 5.95. The van der Waals surface area contributed by atoms with Gasteiger partial charge in [-0.2, -0.15) is 0 Å². The van der Waals surface area contributed by atoms with Crippen LogP contribution in [-0.2, 0) is 4.79 Å². The van der Waals surface area contributed by atoms with Crippen molar-refractivity contribution in [3.05, 3.63) is 29.3 Å². The Bertz CT molecular complexity index is 430. The molecule has 3 N–H and O–H groups in total. The van der Waals surface area contributed by atoms with Crippen molar-refractivity contribution in [2.24, 2.45) is 5.84 Å². The smallest absolute Gasteiger partial charge is 0.233 e. The van der Waals surface area contributed by atoms with Gasteiger partial charge in [0.25, 0.3) is 0 Å². The SMILES string of the molecule is CC(C)c1cccc(C(C)C)c1OCCCCC(=O)NN. The van der Waals surface area contributed by atoms with Gasteiger partial charge in [-0.15, -0.1) is 0 Å². The predicted molar refractivity (Wildman–Crippen MR) is 86.3 cm³/mol. The van der Waals surface area contributed by atoms with Crippen LogP contribution >= 0.6 is 0 Å². The zero-order valence-electron chi connectivity index (χ0n) is 13.6. The Balaban J connectivity index is 2.66. The van der Waals surface area contributed by atoms with E-state index in [9.17, 15) is 4.79 Å². The maximum absolute atomic E-state index is 11.1. The van der Waals surface area contributed by atoms with Crippen LogP contribution in [0.2, 0.25) is 0 Å². The summed E-state index contributed by atoms with van der Waals surface area (Å²) in [6, 6.07) is 6.37. The van der Waals surface area contributed by atoms with E-state index in [0.717, 1.165) is 18.6 Å². The third kappa shape index (κ3) is 5.38. The van der Waals surface area contributed by atoms with Crippen molar-refractivity contribution in [3.63, 3.8) is 0 Å². The highest BCUT2D eigenvalue weighted by Crippen LogP contribution is 2.34. The quantitative estimate of drug-likeness (QED) is 0.334. The lowest BCUT2D eigenvalue weighted by molar-refractivity contribution is -0.121. The summed E-state index contributed by atoms with van der Waals surface area (Å²) in [6.45, 7) is 9.34. The van der Waals surface area contributed by atoms with Gasteiger partial charge in [-0.3, -0.25) is 10.2 Å². The minimum atomic E-state index is -0.125. The summed E-state index contributed by atoms with van der Waals surface area (Å²) in [5.74, 6) is 6.81. The Kier molecular flexibility index (Phi) is 7.23. The molecular formula is C17H28N2O2. The van der Waals surface area contributed by atoms with Crippen molar-refractivity contribution in [2.75, 3.05) is 6.61 Å². The first-order chi connectivity index (χ1) is 9.97. The van der Waals surface area contributed by atoms with Crippen molar-refractivity contribution in [1.82, 2.24) is 5.43 Å². The van der Waals surface area contributed by atoms with Crippen LogP contribution in [0.5, 0.6) is 5.75 Å². The molecule has 0 fully saturated rings. The Morgan fingerprint density at radius 3 is 2.19 bits per heavy atom. The minimum absolute atomic E-state index is 0.125. The number of benzene rings is 1. The predicted octanol–water partition coefficient (Wildman–Crippen LogP) is 3.47. The molecule has 0 unspecified atom stereocenters. The maximum atomic E-state index is 11.1. The molecule has 1 rings (SSSR count). The minimum Gasteiger partial charge on any atom is -0.493 e. The Hall–Kier alpha value is -1.55. The second kappa shape index (κ2) is 8.67. The van der Waals surface area contributed by atoms with E-state index in [1.807, 2.05) is 0 Å². The number of nitrogens with two attached hydrogens (primary N) is 1. The summed E-state index contributed by atoms with van der Waals surface area (Å²) in [5, 5.41) is 0. The van der Waals surface area contributed by atoms with E-state index < -0.39 is 0 Å². The lowest BCUT2D eigenvalue weighted by Gasteiger charge is -2.20. The van der Waals surface area contributed by atoms with Crippen molar-refractivity contribution >= 4 is 5.91 Å². The lowest BCUT2D eigenvalue weighted by atomic mass is 9.94. The van der Waals surface area contributed by atoms with Crippen LogP contribution in [0, 0.1) is 0 Å². The van der Waals surface area contributed by atoms with E-state index in [0.29, 0.717) is 24.9 Å². The Morgan fingerprint density at radius 2 is 1.71 bits per heavy atom. The fourth-order valence-electron chi connectivity index (χ4n) is 2.28. The number of unbranched alkanes of at least 4 members (excludes halogenated alkanes) is 1. The molecule has 0 spiro atoms. The molecule has 118 valence electrons. The summed E-state index contributed by atoms with van der Waals surface area (Å²) in [4.78, 5) is 11.1. The third-order valence-electron chi connectivity index (χ3n) is 3.53. The van der Waals surface area contributed by atoms with Gasteiger partial charge in [-0.25, -0.2) is 5.84 Å². The molecule has 4 nitrogen and oxygen atoms in total. The van der Waals surface area contributed by atoms with Crippen LogP contribution in [0.3, 0.4) is 0 Å². The van der Waals surface area contributed by atoms with E-state index >= 15 is 0 Å². The molecule has 0 aliphatic carbocycles. The molecule has 0 atom stereocenters. The molecule has 0 aliphatic heterocycles. The average molecular weight is 292 g/mol. The number of carbonyl (C=O) groups excluding carboxylic acids is 1. The van der Waals surface area contributed by atoms with Gasteiger partial charge in [0.15, 0.2) is 0 Å². The molecule has 0 saturated carbocycles. The first kappa shape index (κ1) is 17.5. The molecule has 0 heterocycles. The normalized spacial score (nSPS) is 11.0. The van der Waals surface area contributed by atoms with Crippen LogP contribution in [0.1, 0.15) is 69.9 Å². The number of amides is 1. The summed E-state index contributed by atoms with van der Waals surface area (Å²) in [5.41, 5.74) is 4.64. The zero-order chi connectivity index (χ0) is 15.8. The average Bonchev–Trinajstić information content (AvgIpc) is 2.46. The van der Waals surface area contributed by atoms with Gasteiger partial charge in [-0.1, -0.05) is 45.9 Å². The van der Waals surface area contributed by atoms with Gasteiger partial charge in [0.05, 0.1) is 6.61 Å². The molecule has 0 aromatic heterocycles. The lowest BCUT2D eigenvalue weighted by Crippen LogP contribution is -2.29. The summed E-state index contributed by atoms with van der Waals surface area (Å²) < 4.78 is 6.04. The van der Waals surface area contributed by atoms with E-state index in [-0.39, 0.29) is 5.91 Å². The topological polar surface area (TPSA) is 64.3 Å². The van der Waals surface area contributed by atoms with E-state index in [1.165, 1.54) is 11.1 Å². The molecule has 0 bridgehead atoms. The standard InChI is InChI=1S/C17H28N2O2/c1-12(2)14-8-7-9-15(13(3)4)17(14)21-11-6-5-10-16(20)19-18/h7-9,12-13H,5-6,10-11,18H2,1-4H3,(H,19,20). The van der Waals surface area contributed by atoms with E-state index in [1.54, 1.807) is 0 Å². The highest BCUT2D eigenvalue weighted by atomic mass is 16.5. The summed E-state index contributed by atoms with van der Waals surface area (Å²) >= 11 is 0. The molecule has 1 amide bonds. The molecule has 0 aliphatic rings. The second-order valence-corrected chi connectivity index (χ2v) is 5.95. The van der Waals surface area contributed by atoms with Crippen molar-refractivity contribution in [2.45, 2.75) is 58.8 Å². The number of ether oxygens (including phenoxy) is 1. The highest BCUT2D eigenvalue weighted by Gasteiger charge is 2.14. The fraction of sp³-hybridized carbons (Fsp3) is 0.588. The largest absolute Gasteiger partial charge is 0.493 e. The van der Waals surface area contributed by atoms with Crippen LogP contribution < -0.4 is 16.0 Å². The van der Waals surface area contributed by atoms with Crippen LogP contribution in [0.15, 0.2) is 18.2 Å². The van der Waals surface area contributed by atoms with Crippen molar-refractivity contribution in [3.8, 4) is 5.75 Å². The number of rotatable bonds is 8. The third-order valence-corrected chi connectivity index (χ3v) is 3.53. The molecule has 0 saturated heterocycles. The monoisotopic (exact) mass is 292 g/mol. The molecule has 1 aromatic rings. The van der Waals surface area contributed by atoms with Gasteiger partial charge < -0.3 is 4.74 Å². The van der Waals surface area contributed by atoms with Gasteiger partial charge >= 0.3 is 0 Å². The number of hydrogen-bond donors (Lipinski definition) is 2. The summed E-state index contributed by atoms with van der Waals surface area (Å²) in [7, 11) is 0. The summed E-state index contributed by atoms with van der Waals surface area (Å²) in [6.07, 6.45) is 2.07. The highest BCUT2D eigenvalue weighted by molar-refractivity contribution is 5.75. The molecule has 1 aromatic carbocycles. The Morgan fingerprint density at radius 1 is 1.14 bits per heavy atom. The van der Waals surface area contributed by atoms with Crippen molar-refractivity contribution < 1.29 is 9.53 Å². The number of hydrazine groups is 1. The first-order valence-corrected chi connectivity index (χ1v) is 7.72. The molecule has 4 heteroatoms. The van der Waals surface area contributed by atoms with Gasteiger partial charge in [-0.05, 0) is 35.8 Å². The van der Waals surface area contributed by atoms with Crippen LogP contribution in [0.25, 0.3) is 0 Å². The number of para-hydroxylation sites is 1. The van der Waals surface area contributed by atoms with Crippen LogP contribution in [-0.4, -0.2) is 12.5 Å². The Labute approximate surface area is 128 Å². The van der Waals surface area contributed by atoms with E-state index in [2.05, 4.69) is 51.3 Å². The van der Waals surface area contributed by atoms with Gasteiger partial charge in [0.1, 0.15) is 5.75 Å². The first-order valence-electron chi connectivity index (χ1n) is 7.72. The number of hydrogen-bond acceptors (Lipinski definition) is 3. The molecule has 21 heavy (non-hydrogen) atoms. The molecular weight excluding hydrogens is 264 g/mol. The number of carbonyl (C=O) groups is 1. The van der Waals surface area contributed by atoms with Gasteiger partial charge in [0, 0.05) is 6.42 Å².